The number of aryl methyl sites for hydroxylation is 1. The highest BCUT2D eigenvalue weighted by Crippen LogP contribution is 2.27. The van der Waals surface area contributed by atoms with Crippen molar-refractivity contribution in [2.45, 2.75) is 13.5 Å². The molecule has 0 saturated heterocycles. The summed E-state index contributed by atoms with van der Waals surface area (Å²) in [7, 11) is 0. The normalized spacial score (nSPS) is 10.9. The molecule has 7 heteroatoms. The van der Waals surface area contributed by atoms with Gasteiger partial charge in [0.2, 0.25) is 5.89 Å². The van der Waals surface area contributed by atoms with Crippen molar-refractivity contribution < 1.29 is 9.32 Å². The summed E-state index contributed by atoms with van der Waals surface area (Å²) in [6, 6.07) is 13.4. The van der Waals surface area contributed by atoms with Crippen LogP contribution in [0.1, 0.15) is 22.1 Å². The number of benzene rings is 1. The summed E-state index contributed by atoms with van der Waals surface area (Å²) in [6.45, 7) is 1.92. The standard InChI is InChI=1S/C18H14N4O2S/c1-11-20-17(24-22-11)10-19-18(23)13-9-15(16-7-4-8-25-16)21-14-6-3-2-5-12(13)14/h2-9H,10H2,1H3,(H,19,23). The minimum Gasteiger partial charge on any atom is -0.343 e. The van der Waals surface area contributed by atoms with Crippen LogP contribution < -0.4 is 5.32 Å². The van der Waals surface area contributed by atoms with Gasteiger partial charge in [-0.15, -0.1) is 11.3 Å². The second-order valence-corrected chi connectivity index (χ2v) is 6.42. The van der Waals surface area contributed by atoms with Crippen molar-refractivity contribution >= 4 is 28.1 Å². The molecule has 0 bridgehead atoms. The lowest BCUT2D eigenvalue weighted by Crippen LogP contribution is -2.23. The topological polar surface area (TPSA) is 80.9 Å². The number of carbonyl (C=O) groups is 1. The van der Waals surface area contributed by atoms with Gasteiger partial charge in [-0.2, -0.15) is 4.98 Å². The Kier molecular flexibility index (Phi) is 3.99. The Labute approximate surface area is 147 Å². The predicted octanol–water partition coefficient (Wildman–Crippen LogP) is 3.58. The molecule has 0 fully saturated rings. The summed E-state index contributed by atoms with van der Waals surface area (Å²) in [4.78, 5) is 22.5. The number of carbonyl (C=O) groups excluding carboxylic acids is 1. The van der Waals surface area contributed by atoms with Gasteiger partial charge >= 0.3 is 0 Å². The molecule has 0 unspecified atom stereocenters. The van der Waals surface area contributed by atoms with E-state index in [0.717, 1.165) is 21.5 Å². The molecule has 25 heavy (non-hydrogen) atoms. The summed E-state index contributed by atoms with van der Waals surface area (Å²) < 4.78 is 5.03. The van der Waals surface area contributed by atoms with E-state index in [1.165, 1.54) is 0 Å². The zero-order valence-corrected chi connectivity index (χ0v) is 14.2. The zero-order valence-electron chi connectivity index (χ0n) is 13.4. The summed E-state index contributed by atoms with van der Waals surface area (Å²) in [6.07, 6.45) is 0. The van der Waals surface area contributed by atoms with Crippen LogP contribution in [0.2, 0.25) is 0 Å². The average Bonchev–Trinajstić information content (AvgIpc) is 3.30. The Balaban J connectivity index is 1.70. The minimum atomic E-state index is -0.202. The molecule has 0 spiro atoms. The molecule has 0 atom stereocenters. The molecule has 1 aromatic carbocycles. The molecule has 0 saturated carbocycles. The first-order valence-electron chi connectivity index (χ1n) is 7.72. The molecule has 1 amide bonds. The van der Waals surface area contributed by atoms with Gasteiger partial charge in [-0.3, -0.25) is 4.79 Å². The third-order valence-corrected chi connectivity index (χ3v) is 4.60. The van der Waals surface area contributed by atoms with Gasteiger partial charge < -0.3 is 9.84 Å². The van der Waals surface area contributed by atoms with Crippen LogP contribution >= 0.6 is 11.3 Å². The van der Waals surface area contributed by atoms with E-state index in [9.17, 15) is 4.79 Å². The van der Waals surface area contributed by atoms with Gasteiger partial charge in [0.1, 0.15) is 0 Å². The van der Waals surface area contributed by atoms with Crippen LogP contribution in [0.4, 0.5) is 0 Å². The molecule has 6 nitrogen and oxygen atoms in total. The third kappa shape index (κ3) is 3.14. The quantitative estimate of drug-likeness (QED) is 0.608. The number of fused-ring (bicyclic) bond motifs is 1. The van der Waals surface area contributed by atoms with E-state index in [1.807, 2.05) is 47.8 Å². The number of thiophene rings is 1. The highest BCUT2D eigenvalue weighted by atomic mass is 32.1. The van der Waals surface area contributed by atoms with Crippen LogP contribution in [0.3, 0.4) is 0 Å². The second kappa shape index (κ2) is 6.45. The van der Waals surface area contributed by atoms with E-state index < -0.39 is 0 Å². The van der Waals surface area contributed by atoms with Gasteiger partial charge in [-0.05, 0) is 30.5 Å². The van der Waals surface area contributed by atoms with E-state index in [0.29, 0.717) is 17.3 Å². The number of nitrogens with one attached hydrogen (secondary N) is 1. The Hall–Kier alpha value is -3.06. The maximum Gasteiger partial charge on any atom is 0.252 e. The maximum absolute atomic E-state index is 12.7. The molecule has 3 aromatic heterocycles. The number of aromatic nitrogens is 3. The lowest BCUT2D eigenvalue weighted by molar-refractivity contribution is 0.0948. The lowest BCUT2D eigenvalue weighted by atomic mass is 10.1. The molecule has 1 N–H and O–H groups in total. The molecule has 0 aliphatic rings. The number of amides is 1. The van der Waals surface area contributed by atoms with Gasteiger partial charge in [0.25, 0.3) is 5.91 Å². The summed E-state index contributed by atoms with van der Waals surface area (Å²) in [5.74, 6) is 0.716. The highest BCUT2D eigenvalue weighted by molar-refractivity contribution is 7.13. The number of para-hydroxylation sites is 1. The van der Waals surface area contributed by atoms with Gasteiger partial charge in [-0.25, -0.2) is 4.98 Å². The smallest absolute Gasteiger partial charge is 0.252 e. The van der Waals surface area contributed by atoms with Crippen molar-refractivity contribution in [3.8, 4) is 10.6 Å². The second-order valence-electron chi connectivity index (χ2n) is 5.47. The van der Waals surface area contributed by atoms with Crippen LogP contribution in [0, 0.1) is 6.92 Å². The summed E-state index contributed by atoms with van der Waals surface area (Å²) in [5.41, 5.74) is 2.14. The van der Waals surface area contributed by atoms with E-state index in [2.05, 4.69) is 20.4 Å². The summed E-state index contributed by atoms with van der Waals surface area (Å²) in [5, 5.41) is 9.35. The van der Waals surface area contributed by atoms with E-state index >= 15 is 0 Å². The minimum absolute atomic E-state index is 0.185. The Morgan fingerprint density at radius 2 is 2.08 bits per heavy atom. The predicted molar refractivity (Wildman–Crippen MR) is 95.3 cm³/mol. The number of hydrogen-bond acceptors (Lipinski definition) is 6. The molecule has 124 valence electrons. The third-order valence-electron chi connectivity index (χ3n) is 3.70. The van der Waals surface area contributed by atoms with Gasteiger partial charge in [0.05, 0.1) is 28.2 Å². The molecule has 0 radical (unpaired) electrons. The van der Waals surface area contributed by atoms with E-state index in [-0.39, 0.29) is 12.5 Å². The van der Waals surface area contributed by atoms with Crippen molar-refractivity contribution in [2.24, 2.45) is 0 Å². The molecule has 3 heterocycles. The van der Waals surface area contributed by atoms with Gasteiger partial charge in [0, 0.05) is 5.39 Å². The average molecular weight is 350 g/mol. The van der Waals surface area contributed by atoms with Crippen LogP contribution in [0.15, 0.2) is 52.4 Å². The van der Waals surface area contributed by atoms with Crippen LogP contribution in [0.5, 0.6) is 0 Å². The van der Waals surface area contributed by atoms with Crippen molar-refractivity contribution in [3.63, 3.8) is 0 Å². The SMILES string of the molecule is Cc1noc(CNC(=O)c2cc(-c3cccs3)nc3ccccc23)n1. The maximum atomic E-state index is 12.7. The molecular weight excluding hydrogens is 336 g/mol. The Bertz CT molecular complexity index is 1040. The fraction of sp³-hybridized carbons (Fsp3) is 0.111. The number of hydrogen-bond donors (Lipinski definition) is 1. The monoisotopic (exact) mass is 350 g/mol. The van der Waals surface area contributed by atoms with Crippen molar-refractivity contribution in [1.29, 1.82) is 0 Å². The van der Waals surface area contributed by atoms with E-state index in [1.54, 1.807) is 18.3 Å². The zero-order chi connectivity index (χ0) is 17.2. The Morgan fingerprint density at radius 3 is 2.84 bits per heavy atom. The first-order chi connectivity index (χ1) is 12.2. The molecule has 0 aliphatic heterocycles. The lowest BCUT2D eigenvalue weighted by Gasteiger charge is -2.09. The van der Waals surface area contributed by atoms with Crippen molar-refractivity contribution in [3.05, 3.63) is 65.1 Å². The van der Waals surface area contributed by atoms with Gasteiger partial charge in [0.15, 0.2) is 5.82 Å². The van der Waals surface area contributed by atoms with Crippen molar-refractivity contribution in [2.75, 3.05) is 0 Å². The van der Waals surface area contributed by atoms with Crippen molar-refractivity contribution in [1.82, 2.24) is 20.4 Å². The van der Waals surface area contributed by atoms with Crippen LogP contribution in [0.25, 0.3) is 21.5 Å². The molecular formula is C18H14N4O2S. The Morgan fingerprint density at radius 1 is 1.20 bits per heavy atom. The number of pyridine rings is 1. The fourth-order valence-electron chi connectivity index (χ4n) is 2.58. The first kappa shape index (κ1) is 15.5. The number of nitrogens with zero attached hydrogens (tertiary/aromatic N) is 3. The molecule has 4 aromatic rings. The summed E-state index contributed by atoms with van der Waals surface area (Å²) >= 11 is 1.59. The number of rotatable bonds is 4. The first-order valence-corrected chi connectivity index (χ1v) is 8.60. The fourth-order valence-corrected chi connectivity index (χ4v) is 3.26. The molecule has 4 rings (SSSR count). The highest BCUT2D eigenvalue weighted by Gasteiger charge is 2.15. The molecule has 0 aliphatic carbocycles. The van der Waals surface area contributed by atoms with Crippen LogP contribution in [-0.2, 0) is 6.54 Å². The van der Waals surface area contributed by atoms with E-state index in [4.69, 9.17) is 4.52 Å². The largest absolute Gasteiger partial charge is 0.343 e. The van der Waals surface area contributed by atoms with Gasteiger partial charge in [-0.1, -0.05) is 29.4 Å². The van der Waals surface area contributed by atoms with Crippen LogP contribution in [-0.4, -0.2) is 21.0 Å².